The average molecular weight is 487 g/mol. The van der Waals surface area contributed by atoms with Crippen LogP contribution in [0.15, 0.2) is 0 Å². The minimum atomic E-state index is -1.17. The van der Waals surface area contributed by atoms with Crippen LogP contribution in [0.4, 0.5) is 10.6 Å². The van der Waals surface area contributed by atoms with Crippen LogP contribution in [0.3, 0.4) is 0 Å². The summed E-state index contributed by atoms with van der Waals surface area (Å²) in [6.45, 7) is 7.71. The Morgan fingerprint density at radius 1 is 1.28 bits per heavy atom. The van der Waals surface area contributed by atoms with E-state index in [0.717, 1.165) is 19.4 Å². The minimum Gasteiger partial charge on any atom is -0.489 e. The third-order valence-electron chi connectivity index (χ3n) is 5.88. The van der Waals surface area contributed by atoms with Crippen molar-refractivity contribution in [2.75, 3.05) is 37.7 Å². The van der Waals surface area contributed by atoms with Gasteiger partial charge in [-0.1, -0.05) is 23.2 Å². The number of nitrogens with zero attached hydrogens (tertiary/aromatic N) is 3. The van der Waals surface area contributed by atoms with Crippen LogP contribution in [0.25, 0.3) is 0 Å². The van der Waals surface area contributed by atoms with Crippen molar-refractivity contribution in [3.05, 3.63) is 15.7 Å². The fourth-order valence-electron chi connectivity index (χ4n) is 4.31. The normalized spacial score (nSPS) is 24.8. The van der Waals surface area contributed by atoms with Gasteiger partial charge in [-0.3, -0.25) is 0 Å². The van der Waals surface area contributed by atoms with E-state index < -0.39 is 17.7 Å². The quantitative estimate of drug-likeness (QED) is 0.610. The lowest BCUT2D eigenvalue weighted by Crippen LogP contribution is -2.55. The van der Waals surface area contributed by atoms with Crippen LogP contribution in [0, 0.1) is 5.92 Å². The third kappa shape index (κ3) is 4.84. The number of carbonyl (C=O) groups is 2. The Morgan fingerprint density at radius 2 is 2.03 bits per heavy atom. The molecule has 1 aliphatic carbocycles. The van der Waals surface area contributed by atoms with E-state index in [9.17, 15) is 14.7 Å². The summed E-state index contributed by atoms with van der Waals surface area (Å²) in [5, 5.41) is 13.2. The van der Waals surface area contributed by atoms with Crippen LogP contribution in [-0.2, 0) is 4.74 Å². The first kappa shape index (κ1) is 23.2. The van der Waals surface area contributed by atoms with E-state index >= 15 is 0 Å². The number of carboxylic acids is 1. The Bertz CT molecular complexity index is 922. The number of pyridine rings is 1. The molecule has 3 fully saturated rings. The fourth-order valence-corrected chi connectivity index (χ4v) is 4.67. The van der Waals surface area contributed by atoms with Crippen LogP contribution < -0.4 is 15.0 Å². The minimum absolute atomic E-state index is 0.00876. The van der Waals surface area contributed by atoms with Crippen molar-refractivity contribution in [1.82, 2.24) is 15.2 Å². The maximum absolute atomic E-state index is 12.4. The van der Waals surface area contributed by atoms with Gasteiger partial charge in [0.05, 0.1) is 6.04 Å². The molecule has 2 unspecified atom stereocenters. The summed E-state index contributed by atoms with van der Waals surface area (Å²) in [6.07, 6.45) is 1.65. The molecule has 32 heavy (non-hydrogen) atoms. The summed E-state index contributed by atoms with van der Waals surface area (Å²) in [4.78, 5) is 32.5. The zero-order chi connectivity index (χ0) is 23.2. The maximum atomic E-state index is 12.4. The van der Waals surface area contributed by atoms with Crippen molar-refractivity contribution in [2.24, 2.45) is 5.92 Å². The number of piperidine rings is 1. The van der Waals surface area contributed by atoms with E-state index in [1.807, 2.05) is 25.7 Å². The van der Waals surface area contributed by atoms with Crippen molar-refractivity contribution < 1.29 is 24.2 Å². The predicted octanol–water partition coefficient (Wildman–Crippen LogP) is 3.27. The number of nitrogens with one attached hydrogen (secondary N) is 1. The van der Waals surface area contributed by atoms with Crippen LogP contribution in [0.5, 0.6) is 5.75 Å². The Labute approximate surface area is 196 Å². The molecule has 0 spiro atoms. The smallest absolute Gasteiger partial charge is 0.410 e. The Morgan fingerprint density at radius 3 is 2.62 bits per heavy atom. The number of aromatic carboxylic acids is 1. The summed E-state index contributed by atoms with van der Waals surface area (Å²) >= 11 is 12.6. The van der Waals surface area contributed by atoms with Crippen molar-refractivity contribution >= 4 is 41.1 Å². The number of hydrogen-bond donors (Lipinski definition) is 2. The Balaban J connectivity index is 1.51. The van der Waals surface area contributed by atoms with Crippen molar-refractivity contribution in [1.29, 1.82) is 0 Å². The monoisotopic (exact) mass is 486 g/mol. The van der Waals surface area contributed by atoms with Gasteiger partial charge < -0.3 is 29.7 Å². The number of anilines is 1. The third-order valence-corrected chi connectivity index (χ3v) is 6.60. The number of carboxylic acid groups (broad SMARTS) is 1. The molecule has 2 saturated heterocycles. The molecular weight excluding hydrogens is 459 g/mol. The average Bonchev–Trinajstić information content (AvgIpc) is 3.37. The molecule has 1 aromatic heterocycles. The van der Waals surface area contributed by atoms with Gasteiger partial charge in [0.1, 0.15) is 28.6 Å². The number of amides is 1. The number of carbonyl (C=O) groups excluding carboxylic acids is 1. The molecule has 9 nitrogen and oxygen atoms in total. The van der Waals surface area contributed by atoms with Gasteiger partial charge in [0, 0.05) is 32.2 Å². The Hall–Kier alpha value is -1.97. The summed E-state index contributed by atoms with van der Waals surface area (Å²) in [7, 11) is 0. The van der Waals surface area contributed by atoms with E-state index in [4.69, 9.17) is 32.7 Å². The zero-order valence-electron chi connectivity index (χ0n) is 18.4. The van der Waals surface area contributed by atoms with Crippen LogP contribution >= 0.6 is 23.2 Å². The summed E-state index contributed by atoms with van der Waals surface area (Å²) in [5.41, 5.74) is -0.662. The molecule has 4 rings (SSSR count). The first-order chi connectivity index (χ1) is 15.0. The first-order valence-electron chi connectivity index (χ1n) is 10.8. The first-order valence-corrected chi connectivity index (χ1v) is 11.5. The topological polar surface area (TPSA) is 104 Å². The van der Waals surface area contributed by atoms with Crippen molar-refractivity contribution in [3.8, 4) is 5.75 Å². The van der Waals surface area contributed by atoms with Gasteiger partial charge in [-0.15, -0.1) is 0 Å². The highest BCUT2D eigenvalue weighted by Crippen LogP contribution is 2.49. The second-order valence-corrected chi connectivity index (χ2v) is 10.2. The zero-order valence-corrected chi connectivity index (χ0v) is 19.9. The van der Waals surface area contributed by atoms with Gasteiger partial charge in [-0.05, 0) is 39.5 Å². The van der Waals surface area contributed by atoms with Crippen LogP contribution in [-0.4, -0.2) is 77.5 Å². The molecule has 176 valence electrons. The molecule has 3 atom stereocenters. The number of aromatic nitrogens is 1. The van der Waals surface area contributed by atoms with E-state index in [2.05, 4.69) is 10.3 Å². The lowest BCUT2D eigenvalue weighted by atomic mass is 10.2. The van der Waals surface area contributed by atoms with Gasteiger partial charge in [0.2, 0.25) is 0 Å². The standard InChI is InChI=1S/C21H28Cl2N4O5/c1-21(2,3)32-20(30)26-7-5-24-12(9-26)10-31-16-14(19(28)29)18(25-17(23)15(16)22)27-6-4-11-8-13(11)27/h11-13,24H,4-10H2,1-3H3,(H,28,29)/t11?,12-,13?/m1/s1. The number of fused-ring (bicyclic) bond motifs is 1. The van der Waals surface area contributed by atoms with E-state index in [1.54, 1.807) is 4.90 Å². The van der Waals surface area contributed by atoms with Gasteiger partial charge in [0.25, 0.3) is 0 Å². The van der Waals surface area contributed by atoms with E-state index in [-0.39, 0.29) is 34.1 Å². The molecule has 2 aliphatic heterocycles. The van der Waals surface area contributed by atoms with E-state index in [0.29, 0.717) is 37.4 Å². The summed E-state index contributed by atoms with van der Waals surface area (Å²) in [6, 6.07) is 0.0667. The van der Waals surface area contributed by atoms with Crippen molar-refractivity contribution in [3.63, 3.8) is 0 Å². The predicted molar refractivity (Wildman–Crippen MR) is 120 cm³/mol. The molecule has 0 bridgehead atoms. The fraction of sp³-hybridized carbons (Fsp3) is 0.667. The molecule has 1 amide bonds. The number of piperazine rings is 1. The largest absolute Gasteiger partial charge is 0.489 e. The van der Waals surface area contributed by atoms with Gasteiger partial charge >= 0.3 is 12.1 Å². The van der Waals surface area contributed by atoms with Crippen molar-refractivity contribution in [2.45, 2.75) is 51.3 Å². The highest BCUT2D eigenvalue weighted by Gasteiger charge is 2.49. The molecule has 0 radical (unpaired) electrons. The maximum Gasteiger partial charge on any atom is 0.410 e. The summed E-state index contributed by atoms with van der Waals surface area (Å²) < 4.78 is 11.4. The number of halogens is 2. The number of rotatable bonds is 5. The van der Waals surface area contributed by atoms with Crippen LogP contribution in [0.2, 0.25) is 10.2 Å². The molecule has 3 aliphatic rings. The summed E-state index contributed by atoms with van der Waals surface area (Å²) in [5.74, 6) is -0.270. The molecule has 1 aromatic rings. The molecule has 11 heteroatoms. The highest BCUT2D eigenvalue weighted by molar-refractivity contribution is 6.42. The van der Waals surface area contributed by atoms with E-state index in [1.165, 1.54) is 0 Å². The Kier molecular flexibility index (Phi) is 6.35. The number of ether oxygens (including phenoxy) is 2. The second kappa shape index (κ2) is 8.76. The lowest BCUT2D eigenvalue weighted by molar-refractivity contribution is 0.0178. The molecule has 3 heterocycles. The lowest BCUT2D eigenvalue weighted by Gasteiger charge is -2.35. The second-order valence-electron chi connectivity index (χ2n) is 9.48. The van der Waals surface area contributed by atoms with Gasteiger partial charge in [0.15, 0.2) is 10.9 Å². The van der Waals surface area contributed by atoms with Crippen LogP contribution in [0.1, 0.15) is 44.0 Å². The van der Waals surface area contributed by atoms with Gasteiger partial charge in [-0.25, -0.2) is 14.6 Å². The molecular formula is C21H28Cl2N4O5. The van der Waals surface area contributed by atoms with Gasteiger partial charge in [-0.2, -0.15) is 0 Å². The molecule has 2 N–H and O–H groups in total. The highest BCUT2D eigenvalue weighted by atomic mass is 35.5. The molecule has 1 saturated carbocycles. The number of hydrogen-bond acceptors (Lipinski definition) is 7. The molecule has 0 aromatic carbocycles. The SMILES string of the molecule is CC(C)(C)OC(=O)N1CCN[C@@H](COc2c(Cl)c(Cl)nc(N3CCC4CC43)c2C(=O)O)C1.